The molecule has 5 fully saturated rings. The number of aliphatic hydroxyl groups is 1. The lowest BCUT2D eigenvalue weighted by Gasteiger charge is -2.47. The van der Waals surface area contributed by atoms with E-state index in [0.717, 1.165) is 56.0 Å². The van der Waals surface area contributed by atoms with Gasteiger partial charge in [-0.1, -0.05) is 42.2 Å². The number of hydrogen-bond acceptors (Lipinski definition) is 6. The first-order chi connectivity index (χ1) is 16.1. The molecule has 172 valence electrons. The molecule has 0 saturated carbocycles. The number of rotatable bonds is 3. The minimum Gasteiger partial charge on any atom is -0.376 e. The molecule has 6 heterocycles. The van der Waals surface area contributed by atoms with Crippen LogP contribution in [-0.2, 0) is 15.9 Å². The fourth-order valence-electron chi connectivity index (χ4n) is 5.74. The van der Waals surface area contributed by atoms with Crippen molar-refractivity contribution < 1.29 is 14.6 Å². The van der Waals surface area contributed by atoms with Crippen LogP contribution in [0.15, 0.2) is 42.5 Å². The van der Waals surface area contributed by atoms with Crippen LogP contribution in [0.4, 0.5) is 5.82 Å². The smallest absolute Gasteiger partial charge is 0.187 e. The normalized spacial score (nSPS) is 29.9. The average Bonchev–Trinajstić information content (AvgIpc) is 3.49. The second-order valence-corrected chi connectivity index (χ2v) is 9.83. The third kappa shape index (κ3) is 4.15. The molecular weight excluding hydrogens is 414 g/mol. The molecule has 0 aliphatic carbocycles. The molecule has 1 N–H and O–H groups in total. The highest BCUT2D eigenvalue weighted by Gasteiger charge is 2.45. The Morgan fingerprint density at radius 3 is 2.52 bits per heavy atom. The van der Waals surface area contributed by atoms with Crippen molar-refractivity contribution >= 4 is 5.82 Å². The van der Waals surface area contributed by atoms with Crippen molar-refractivity contribution in [2.75, 3.05) is 50.8 Å². The van der Waals surface area contributed by atoms with Crippen LogP contribution in [0.1, 0.15) is 36.1 Å². The Hall–Kier alpha value is -2.43. The summed E-state index contributed by atoms with van der Waals surface area (Å²) in [5.41, 5.74) is 2.13. The highest BCUT2D eigenvalue weighted by Crippen LogP contribution is 2.36. The predicted octanol–water partition coefficient (Wildman–Crippen LogP) is 2.43. The van der Waals surface area contributed by atoms with E-state index in [1.807, 2.05) is 12.1 Å². The zero-order chi connectivity index (χ0) is 22.3. The molecule has 2 bridgehead atoms. The van der Waals surface area contributed by atoms with Crippen LogP contribution < -0.4 is 4.90 Å². The summed E-state index contributed by atoms with van der Waals surface area (Å²) in [7, 11) is 0. The second kappa shape index (κ2) is 8.41. The van der Waals surface area contributed by atoms with Crippen LogP contribution in [0.3, 0.4) is 0 Å². The van der Waals surface area contributed by atoms with E-state index in [1.54, 1.807) is 0 Å². The molecule has 33 heavy (non-hydrogen) atoms. The maximum Gasteiger partial charge on any atom is 0.187 e. The zero-order valence-corrected chi connectivity index (χ0v) is 19.0. The van der Waals surface area contributed by atoms with Crippen LogP contribution in [0.2, 0.25) is 0 Å². The van der Waals surface area contributed by atoms with Gasteiger partial charge in [-0.2, -0.15) is 0 Å². The van der Waals surface area contributed by atoms with Crippen LogP contribution in [0.5, 0.6) is 0 Å². The minimum absolute atomic E-state index is 0.270. The first-order valence-electron chi connectivity index (χ1n) is 12.2. The molecule has 1 spiro atoms. The molecule has 6 nitrogen and oxygen atoms in total. The molecule has 5 aliphatic heterocycles. The topological polar surface area (TPSA) is 58.1 Å². The summed E-state index contributed by atoms with van der Waals surface area (Å²) in [6.07, 6.45) is 3.62. The molecule has 1 aromatic carbocycles. The lowest BCUT2D eigenvalue weighted by molar-refractivity contribution is -0.137. The summed E-state index contributed by atoms with van der Waals surface area (Å²) in [4.78, 5) is 9.64. The number of nitrogens with zero attached hydrogens (tertiary/aromatic N) is 3. The summed E-state index contributed by atoms with van der Waals surface area (Å²) < 4.78 is 11.8. The van der Waals surface area contributed by atoms with E-state index < -0.39 is 11.4 Å². The molecule has 0 unspecified atom stereocenters. The molecule has 2 aromatic rings. The van der Waals surface area contributed by atoms with Gasteiger partial charge in [0.15, 0.2) is 5.79 Å². The van der Waals surface area contributed by atoms with Crippen LogP contribution >= 0.6 is 0 Å². The fraction of sp³-hybridized carbons (Fsp3) is 0.519. The van der Waals surface area contributed by atoms with Gasteiger partial charge in [-0.15, -0.1) is 0 Å². The van der Waals surface area contributed by atoms with Crippen molar-refractivity contribution in [2.24, 2.45) is 5.92 Å². The van der Waals surface area contributed by atoms with Gasteiger partial charge >= 0.3 is 0 Å². The molecular formula is C27H31N3O3. The maximum atomic E-state index is 11.3. The molecule has 5 saturated heterocycles. The van der Waals surface area contributed by atoms with Crippen LogP contribution in [0, 0.1) is 17.8 Å². The molecule has 0 amide bonds. The van der Waals surface area contributed by atoms with Crippen molar-refractivity contribution in [2.45, 2.75) is 37.1 Å². The molecule has 1 atom stereocenters. The molecule has 5 aliphatic rings. The number of piperidine rings is 3. The van der Waals surface area contributed by atoms with Gasteiger partial charge in [0.05, 0.1) is 25.5 Å². The van der Waals surface area contributed by atoms with Crippen LogP contribution in [0.25, 0.3) is 0 Å². The van der Waals surface area contributed by atoms with Gasteiger partial charge in [-0.05, 0) is 43.6 Å². The first-order valence-corrected chi connectivity index (χ1v) is 12.2. The minimum atomic E-state index is -0.919. The Labute approximate surface area is 195 Å². The lowest BCUT2D eigenvalue weighted by Crippen LogP contribution is -2.58. The summed E-state index contributed by atoms with van der Waals surface area (Å²) in [6.45, 7) is 5.70. The summed E-state index contributed by atoms with van der Waals surface area (Å²) in [5.74, 6) is 7.34. The monoisotopic (exact) mass is 445 g/mol. The third-order valence-corrected chi connectivity index (χ3v) is 7.65. The van der Waals surface area contributed by atoms with E-state index in [1.165, 1.54) is 5.56 Å². The SMILES string of the molecule is O[C@]1(C#Cc2ccc(N3CCC4(C3)OCCO4)nc2Cc2ccccc2)CN2CCC1CC2. The van der Waals surface area contributed by atoms with E-state index in [-0.39, 0.29) is 5.92 Å². The highest BCUT2D eigenvalue weighted by atomic mass is 16.7. The first kappa shape index (κ1) is 21.1. The number of benzene rings is 1. The number of hydrogen-bond donors (Lipinski definition) is 1. The Bertz CT molecular complexity index is 1070. The lowest BCUT2D eigenvalue weighted by atomic mass is 9.75. The Kier molecular flexibility index (Phi) is 5.38. The van der Waals surface area contributed by atoms with E-state index in [2.05, 4.69) is 52.0 Å². The molecule has 7 rings (SSSR count). The Balaban J connectivity index is 1.30. The summed E-state index contributed by atoms with van der Waals surface area (Å²) in [6, 6.07) is 14.5. The Morgan fingerprint density at radius 2 is 1.79 bits per heavy atom. The average molecular weight is 446 g/mol. The highest BCUT2D eigenvalue weighted by molar-refractivity contribution is 5.50. The van der Waals surface area contributed by atoms with Crippen molar-refractivity contribution in [3.8, 4) is 11.8 Å². The van der Waals surface area contributed by atoms with Gasteiger partial charge in [0.25, 0.3) is 0 Å². The second-order valence-electron chi connectivity index (χ2n) is 9.83. The van der Waals surface area contributed by atoms with E-state index in [4.69, 9.17) is 14.5 Å². The number of pyridine rings is 1. The summed E-state index contributed by atoms with van der Waals surface area (Å²) >= 11 is 0. The summed E-state index contributed by atoms with van der Waals surface area (Å²) in [5, 5.41) is 11.3. The van der Waals surface area contributed by atoms with Crippen molar-refractivity contribution in [3.63, 3.8) is 0 Å². The van der Waals surface area contributed by atoms with Gasteiger partial charge in [0.2, 0.25) is 0 Å². The van der Waals surface area contributed by atoms with Crippen molar-refractivity contribution in [1.29, 1.82) is 0 Å². The Morgan fingerprint density at radius 1 is 1.00 bits per heavy atom. The van der Waals surface area contributed by atoms with Crippen LogP contribution in [-0.4, -0.2) is 72.3 Å². The number of fused-ring (bicyclic) bond motifs is 3. The van der Waals surface area contributed by atoms with E-state index in [9.17, 15) is 5.11 Å². The zero-order valence-electron chi connectivity index (χ0n) is 19.0. The van der Waals surface area contributed by atoms with Crippen molar-refractivity contribution in [1.82, 2.24) is 9.88 Å². The van der Waals surface area contributed by atoms with E-state index >= 15 is 0 Å². The fourth-order valence-corrected chi connectivity index (χ4v) is 5.74. The molecule has 1 aromatic heterocycles. The van der Waals surface area contributed by atoms with Gasteiger partial charge in [-0.3, -0.25) is 4.90 Å². The van der Waals surface area contributed by atoms with Crippen molar-refractivity contribution in [3.05, 3.63) is 59.3 Å². The number of ether oxygens (including phenoxy) is 2. The third-order valence-electron chi connectivity index (χ3n) is 7.65. The predicted molar refractivity (Wildman–Crippen MR) is 126 cm³/mol. The maximum absolute atomic E-state index is 11.3. The standard InChI is InChI=1S/C27H31N3O3/c31-26(19-29-13-9-23(26)10-14-29)11-8-22-6-7-25(28-24(22)18-21-4-2-1-3-5-21)30-15-12-27(20-30)32-16-17-33-27/h1-7,23,31H,9-10,12-20H2/t26-/m1/s1. The van der Waals surface area contributed by atoms with Gasteiger partial charge < -0.3 is 19.5 Å². The van der Waals surface area contributed by atoms with Gasteiger partial charge in [0, 0.05) is 37.4 Å². The molecule has 6 heteroatoms. The van der Waals surface area contributed by atoms with Gasteiger partial charge in [0.1, 0.15) is 11.4 Å². The quantitative estimate of drug-likeness (QED) is 0.733. The number of aromatic nitrogens is 1. The molecule has 0 radical (unpaired) electrons. The van der Waals surface area contributed by atoms with E-state index in [0.29, 0.717) is 32.7 Å². The largest absolute Gasteiger partial charge is 0.376 e. The van der Waals surface area contributed by atoms with Gasteiger partial charge in [-0.25, -0.2) is 4.98 Å². The number of anilines is 1.